The maximum absolute atomic E-state index is 6.22. The van der Waals surface area contributed by atoms with Crippen molar-refractivity contribution >= 4 is 0 Å². The molecule has 0 aliphatic heterocycles. The van der Waals surface area contributed by atoms with Crippen molar-refractivity contribution in [3.05, 3.63) is 234 Å². The third-order valence-corrected chi connectivity index (χ3v) is 12.6. The Morgan fingerprint density at radius 2 is 0.444 bits per heavy atom. The molecule has 0 spiro atoms. The molecule has 0 aromatic heterocycles. The van der Waals surface area contributed by atoms with E-state index in [2.05, 4.69) is 200 Å². The van der Waals surface area contributed by atoms with Gasteiger partial charge in [-0.15, -0.1) is 0 Å². The summed E-state index contributed by atoms with van der Waals surface area (Å²) in [5.41, 5.74) is 21.2. The van der Waals surface area contributed by atoms with Gasteiger partial charge in [-0.3, -0.25) is 0 Å². The van der Waals surface area contributed by atoms with Crippen LogP contribution in [0, 0.1) is 0 Å². The molecule has 0 saturated heterocycles. The van der Waals surface area contributed by atoms with Gasteiger partial charge in [-0.25, -0.2) is 0 Å². The lowest BCUT2D eigenvalue weighted by atomic mass is 9.89. The second kappa shape index (κ2) is 17.4. The number of hydrogen-bond donors (Lipinski definition) is 0. The number of fused-ring (bicyclic) bond motifs is 3. The van der Waals surface area contributed by atoms with E-state index >= 15 is 0 Å². The van der Waals surface area contributed by atoms with Gasteiger partial charge in [0.15, 0.2) is 0 Å². The normalized spacial score (nSPS) is 11.9. The molecule has 10 rings (SSSR count). The van der Waals surface area contributed by atoms with Crippen molar-refractivity contribution < 1.29 is 14.2 Å². The standard InChI is InChI=1S/C60H48O3/c1-61-58-37-52-31-50-35-56(47-27-21-44(22-28-47)41-15-9-5-10-16-41)60(63-3)39-54(50)33-51-36-57(48-29-23-45(24-30-48)42-17-11-6-12-18-42)59(62-2)38-53(51)32-49(52)34-55(58)46-25-19-43(20-26-46)40-13-7-4-8-14-40/h4-30,34-39H,31-33H2,1-3H3. The van der Waals surface area contributed by atoms with E-state index in [1.54, 1.807) is 21.3 Å². The molecule has 0 N–H and O–H groups in total. The minimum atomic E-state index is 0.742. The Kier molecular flexibility index (Phi) is 10.9. The first-order valence-corrected chi connectivity index (χ1v) is 21.6. The number of rotatable bonds is 9. The molecular formula is C60H48O3. The van der Waals surface area contributed by atoms with Crippen LogP contribution in [0.4, 0.5) is 0 Å². The maximum Gasteiger partial charge on any atom is 0.126 e. The minimum Gasteiger partial charge on any atom is -0.496 e. The number of ether oxygens (including phenoxy) is 3. The highest BCUT2D eigenvalue weighted by Gasteiger charge is 2.23. The van der Waals surface area contributed by atoms with Gasteiger partial charge < -0.3 is 14.2 Å². The quantitative estimate of drug-likeness (QED) is 0.145. The first kappa shape index (κ1) is 39.5. The van der Waals surface area contributed by atoms with Crippen LogP contribution in [-0.4, -0.2) is 21.3 Å². The Hall–Kier alpha value is -7.62. The summed E-state index contributed by atoms with van der Waals surface area (Å²) in [6.07, 6.45) is 2.23. The monoisotopic (exact) mass is 816 g/mol. The van der Waals surface area contributed by atoms with Crippen LogP contribution in [0.3, 0.4) is 0 Å². The molecule has 0 saturated carbocycles. The fourth-order valence-electron chi connectivity index (χ4n) is 9.21. The van der Waals surface area contributed by atoms with Gasteiger partial charge in [0.25, 0.3) is 0 Å². The van der Waals surface area contributed by atoms with Crippen molar-refractivity contribution in [1.29, 1.82) is 0 Å². The molecule has 0 bridgehead atoms. The zero-order valence-corrected chi connectivity index (χ0v) is 35.9. The van der Waals surface area contributed by atoms with Gasteiger partial charge in [0.1, 0.15) is 17.2 Å². The van der Waals surface area contributed by atoms with Crippen LogP contribution in [0.5, 0.6) is 17.2 Å². The van der Waals surface area contributed by atoms with Gasteiger partial charge in [-0.1, -0.05) is 164 Å². The summed E-state index contributed by atoms with van der Waals surface area (Å²) in [5.74, 6) is 2.58. The first-order valence-electron chi connectivity index (χ1n) is 21.6. The predicted octanol–water partition coefficient (Wildman–Crippen LogP) is 14.8. The van der Waals surface area contributed by atoms with E-state index in [1.165, 1.54) is 66.8 Å². The van der Waals surface area contributed by atoms with Crippen LogP contribution >= 0.6 is 0 Å². The summed E-state index contributed by atoms with van der Waals surface area (Å²) in [6, 6.07) is 72.0. The van der Waals surface area contributed by atoms with E-state index in [0.717, 1.165) is 69.9 Å². The summed E-state index contributed by atoms with van der Waals surface area (Å²) in [7, 11) is 5.34. The van der Waals surface area contributed by atoms with Crippen molar-refractivity contribution in [2.45, 2.75) is 19.3 Å². The lowest BCUT2D eigenvalue weighted by molar-refractivity contribution is 0.415. The third kappa shape index (κ3) is 8.02. The third-order valence-electron chi connectivity index (χ3n) is 12.6. The van der Waals surface area contributed by atoms with Crippen LogP contribution in [0.15, 0.2) is 200 Å². The zero-order chi connectivity index (χ0) is 42.7. The van der Waals surface area contributed by atoms with Gasteiger partial charge in [0.05, 0.1) is 21.3 Å². The number of hydrogen-bond acceptors (Lipinski definition) is 3. The van der Waals surface area contributed by atoms with Gasteiger partial charge in [0, 0.05) is 16.7 Å². The fourth-order valence-corrected chi connectivity index (χ4v) is 9.21. The smallest absolute Gasteiger partial charge is 0.126 e. The first-order chi connectivity index (χ1) is 31.0. The van der Waals surface area contributed by atoms with Crippen LogP contribution in [0.25, 0.3) is 66.8 Å². The number of methoxy groups -OCH3 is 3. The number of benzene rings is 9. The molecule has 1 aliphatic rings. The molecule has 3 heteroatoms. The van der Waals surface area contributed by atoms with Crippen molar-refractivity contribution in [2.24, 2.45) is 0 Å². The van der Waals surface area contributed by atoms with Crippen molar-refractivity contribution in [3.8, 4) is 84.0 Å². The van der Waals surface area contributed by atoms with Gasteiger partial charge in [-0.2, -0.15) is 0 Å². The second-order valence-electron chi connectivity index (χ2n) is 16.3. The van der Waals surface area contributed by atoms with E-state index in [-0.39, 0.29) is 0 Å². The summed E-state index contributed by atoms with van der Waals surface area (Å²) >= 11 is 0. The fraction of sp³-hybridized carbons (Fsp3) is 0.100. The molecule has 0 amide bonds. The largest absolute Gasteiger partial charge is 0.496 e. The van der Waals surface area contributed by atoms with E-state index in [4.69, 9.17) is 14.2 Å². The van der Waals surface area contributed by atoms with Crippen molar-refractivity contribution in [3.63, 3.8) is 0 Å². The highest BCUT2D eigenvalue weighted by atomic mass is 16.5. The Morgan fingerprint density at radius 1 is 0.238 bits per heavy atom. The highest BCUT2D eigenvalue weighted by Crippen LogP contribution is 2.43. The lowest BCUT2D eigenvalue weighted by Gasteiger charge is -2.18. The molecule has 0 radical (unpaired) electrons. The Balaban J connectivity index is 1.11. The summed E-state index contributed by atoms with van der Waals surface area (Å²) in [5, 5.41) is 0. The van der Waals surface area contributed by atoms with Gasteiger partial charge >= 0.3 is 0 Å². The van der Waals surface area contributed by atoms with Gasteiger partial charge in [0.2, 0.25) is 0 Å². The van der Waals surface area contributed by atoms with Crippen molar-refractivity contribution in [1.82, 2.24) is 0 Å². The lowest BCUT2D eigenvalue weighted by Crippen LogP contribution is -2.02. The molecule has 0 fully saturated rings. The molecule has 0 atom stereocenters. The van der Waals surface area contributed by atoms with E-state index in [1.807, 2.05) is 0 Å². The van der Waals surface area contributed by atoms with Crippen LogP contribution < -0.4 is 14.2 Å². The van der Waals surface area contributed by atoms with E-state index in [9.17, 15) is 0 Å². The average molecular weight is 817 g/mol. The molecular weight excluding hydrogens is 769 g/mol. The summed E-state index contributed by atoms with van der Waals surface area (Å²) in [4.78, 5) is 0. The Labute approximate surface area is 370 Å². The summed E-state index contributed by atoms with van der Waals surface area (Å²) < 4.78 is 18.6. The average Bonchev–Trinajstić information content (AvgIpc) is 3.41. The van der Waals surface area contributed by atoms with Crippen LogP contribution in [0.1, 0.15) is 33.4 Å². The Morgan fingerprint density at radius 3 is 0.683 bits per heavy atom. The molecule has 63 heavy (non-hydrogen) atoms. The molecule has 9 aromatic rings. The summed E-state index contributed by atoms with van der Waals surface area (Å²) in [6.45, 7) is 0. The van der Waals surface area contributed by atoms with E-state index in [0.29, 0.717) is 0 Å². The highest BCUT2D eigenvalue weighted by molar-refractivity contribution is 5.80. The molecule has 0 heterocycles. The van der Waals surface area contributed by atoms with Gasteiger partial charge in [-0.05, 0) is 139 Å². The van der Waals surface area contributed by atoms with Crippen LogP contribution in [0.2, 0.25) is 0 Å². The van der Waals surface area contributed by atoms with Crippen LogP contribution in [-0.2, 0) is 19.3 Å². The SMILES string of the molecule is COc1cc2c(cc1-c1ccc(-c3ccccc3)cc1)Cc1cc(OC)c(-c3ccc(-c4ccccc4)cc3)cc1Cc1cc(OC)c(-c3ccc(-c4ccccc4)cc3)cc1C2. The molecule has 0 unspecified atom stereocenters. The molecule has 9 aromatic carbocycles. The topological polar surface area (TPSA) is 27.7 Å². The zero-order valence-electron chi connectivity index (χ0n) is 35.9. The van der Waals surface area contributed by atoms with Crippen molar-refractivity contribution in [2.75, 3.05) is 21.3 Å². The van der Waals surface area contributed by atoms with E-state index < -0.39 is 0 Å². The molecule has 306 valence electrons. The predicted molar refractivity (Wildman–Crippen MR) is 260 cm³/mol. The molecule has 3 nitrogen and oxygen atoms in total. The minimum absolute atomic E-state index is 0.742. The second-order valence-corrected chi connectivity index (χ2v) is 16.3. The molecule has 1 aliphatic carbocycles. The maximum atomic E-state index is 6.22. The Bertz CT molecular complexity index is 2690.